The Kier molecular flexibility index (Phi) is 6.51. The van der Waals surface area contributed by atoms with Gasteiger partial charge in [0, 0.05) is 18.0 Å². The molecule has 0 radical (unpaired) electrons. The van der Waals surface area contributed by atoms with E-state index in [0.717, 1.165) is 31.2 Å². The number of aryl methyl sites for hydroxylation is 1. The number of anilines is 3. The summed E-state index contributed by atoms with van der Waals surface area (Å²) in [4.78, 5) is 50.3. The third-order valence-corrected chi connectivity index (χ3v) is 8.38. The maximum Gasteiger partial charge on any atom is 0.331 e. The number of nitrogens with zero attached hydrogens (tertiary/aromatic N) is 3. The van der Waals surface area contributed by atoms with Gasteiger partial charge in [0.2, 0.25) is 11.8 Å². The molecule has 11 heteroatoms. The van der Waals surface area contributed by atoms with Crippen LogP contribution in [0.2, 0.25) is 0 Å². The van der Waals surface area contributed by atoms with E-state index in [9.17, 15) is 14.4 Å². The fourth-order valence-electron chi connectivity index (χ4n) is 5.05. The van der Waals surface area contributed by atoms with Crippen LogP contribution in [0, 0.1) is 6.92 Å². The van der Waals surface area contributed by atoms with Crippen LogP contribution in [0.25, 0.3) is 10.2 Å². The number of hydrogen-bond acceptors (Lipinski definition) is 7. The summed E-state index contributed by atoms with van der Waals surface area (Å²) in [7, 11) is 0. The summed E-state index contributed by atoms with van der Waals surface area (Å²) in [6.07, 6.45) is 12.3. The van der Waals surface area contributed by atoms with Crippen molar-refractivity contribution in [3.63, 3.8) is 0 Å². The Morgan fingerprint density at radius 2 is 2.08 bits per heavy atom. The topological polar surface area (TPSA) is 126 Å². The summed E-state index contributed by atoms with van der Waals surface area (Å²) in [5.74, 6) is -0.116. The lowest BCUT2D eigenvalue weighted by Crippen LogP contribution is -2.42. The molecule has 1 atom stereocenters. The number of thiophene rings is 1. The van der Waals surface area contributed by atoms with Crippen molar-refractivity contribution in [1.82, 2.24) is 20.6 Å². The van der Waals surface area contributed by atoms with Gasteiger partial charge in [-0.3, -0.25) is 14.5 Å². The van der Waals surface area contributed by atoms with Crippen LogP contribution in [0.4, 0.5) is 21.9 Å². The second-order valence-corrected chi connectivity index (χ2v) is 10.9. The van der Waals surface area contributed by atoms with E-state index >= 15 is 0 Å². The number of carbonyl (C=O) groups is 3. The minimum atomic E-state index is -0.395. The summed E-state index contributed by atoms with van der Waals surface area (Å²) < 4.78 is 5.93. The normalized spacial score (nSPS) is 18.6. The second-order valence-electron chi connectivity index (χ2n) is 9.87. The molecular weight excluding hydrogens is 516 g/mol. The molecule has 1 aliphatic heterocycles. The Hall–Kier alpha value is -4.25. The van der Waals surface area contributed by atoms with Crippen molar-refractivity contribution in [3.8, 4) is 5.88 Å². The number of rotatable bonds is 7. The molecule has 3 aromatic rings. The Balaban J connectivity index is 1.31. The van der Waals surface area contributed by atoms with Gasteiger partial charge in [-0.25, -0.2) is 14.8 Å². The highest BCUT2D eigenvalue weighted by atomic mass is 32.1. The number of amides is 4. The molecule has 2 aliphatic carbocycles. The first-order valence-corrected chi connectivity index (χ1v) is 13.8. The summed E-state index contributed by atoms with van der Waals surface area (Å²) in [6.45, 7) is 5.42. The molecule has 4 amide bonds. The van der Waals surface area contributed by atoms with E-state index in [1.54, 1.807) is 23.4 Å². The summed E-state index contributed by atoms with van der Waals surface area (Å²) >= 11 is 1.21. The lowest BCUT2D eigenvalue weighted by atomic mass is 9.96. The highest BCUT2D eigenvalue weighted by molar-refractivity contribution is 7.21. The number of allylic oxidation sites excluding steroid dienone is 1. The Labute approximate surface area is 229 Å². The van der Waals surface area contributed by atoms with Gasteiger partial charge >= 0.3 is 6.03 Å². The van der Waals surface area contributed by atoms with Crippen molar-refractivity contribution in [2.75, 3.05) is 10.2 Å². The molecule has 0 bridgehead atoms. The average molecular weight is 545 g/mol. The van der Waals surface area contributed by atoms with E-state index in [4.69, 9.17) is 4.74 Å². The van der Waals surface area contributed by atoms with Gasteiger partial charge in [-0.05, 0) is 63.2 Å². The van der Waals surface area contributed by atoms with Crippen LogP contribution in [0.3, 0.4) is 0 Å². The van der Waals surface area contributed by atoms with Gasteiger partial charge in [0.1, 0.15) is 15.8 Å². The Morgan fingerprint density at radius 1 is 1.23 bits per heavy atom. The van der Waals surface area contributed by atoms with Crippen molar-refractivity contribution < 1.29 is 19.1 Å². The molecule has 0 unspecified atom stereocenters. The lowest BCUT2D eigenvalue weighted by molar-refractivity contribution is -0.117. The fourth-order valence-corrected chi connectivity index (χ4v) is 6.06. The van der Waals surface area contributed by atoms with Gasteiger partial charge in [0.05, 0.1) is 34.7 Å². The van der Waals surface area contributed by atoms with E-state index in [1.165, 1.54) is 23.8 Å². The molecule has 10 nitrogen and oxygen atoms in total. The number of carbonyl (C=O) groups excluding carboxylic acids is 3. The average Bonchev–Trinajstić information content (AvgIpc) is 3.27. The molecule has 0 aromatic carbocycles. The SMILES string of the molecule is C=CC(=O)N[C@H]1CCCC=C1NC(=O)c1sc2nccc3c2c1NC(=O)N3c1cnc(OC2CCC2)cc1C. The first-order valence-electron chi connectivity index (χ1n) is 13.0. The minimum Gasteiger partial charge on any atom is -0.474 e. The predicted octanol–water partition coefficient (Wildman–Crippen LogP) is 5.08. The lowest BCUT2D eigenvalue weighted by Gasteiger charge is -2.30. The monoisotopic (exact) mass is 544 g/mol. The molecule has 200 valence electrons. The number of ether oxygens (including phenoxy) is 1. The van der Waals surface area contributed by atoms with Crippen LogP contribution in [-0.4, -0.2) is 40.0 Å². The number of aromatic nitrogens is 2. The predicted molar refractivity (Wildman–Crippen MR) is 150 cm³/mol. The van der Waals surface area contributed by atoms with Gasteiger partial charge in [-0.2, -0.15) is 0 Å². The van der Waals surface area contributed by atoms with Gasteiger partial charge in [-0.1, -0.05) is 12.7 Å². The van der Waals surface area contributed by atoms with Crippen LogP contribution >= 0.6 is 11.3 Å². The van der Waals surface area contributed by atoms with Crippen molar-refractivity contribution in [1.29, 1.82) is 0 Å². The quantitative estimate of drug-likeness (QED) is 0.356. The standard InChI is InChI=1S/C28H28N6O4S/c1-3-21(35)31-17-9-4-5-10-18(17)32-26(36)25-24-23-19(11-12-29-27(23)39-25)34(28(37)33-24)20-14-30-22(13-15(20)2)38-16-7-6-8-16/h3,10-14,16-17H,1,4-9H2,2H3,(H,31,35)(H,32,36)(H,33,37)/t17-/m0/s1. The Bertz CT molecular complexity index is 1540. The molecule has 6 rings (SSSR count). The molecule has 3 aliphatic rings. The molecule has 3 aromatic heterocycles. The van der Waals surface area contributed by atoms with E-state index in [2.05, 4.69) is 32.5 Å². The third kappa shape index (κ3) is 4.63. The first kappa shape index (κ1) is 25.1. The zero-order valence-electron chi connectivity index (χ0n) is 21.5. The summed E-state index contributed by atoms with van der Waals surface area (Å²) in [6, 6.07) is 2.90. The molecule has 3 N–H and O–H groups in total. The van der Waals surface area contributed by atoms with Crippen LogP contribution in [0.15, 0.2) is 49.0 Å². The van der Waals surface area contributed by atoms with Crippen LogP contribution in [-0.2, 0) is 4.79 Å². The van der Waals surface area contributed by atoms with E-state index in [-0.39, 0.29) is 24.0 Å². The third-order valence-electron chi connectivity index (χ3n) is 7.29. The molecule has 39 heavy (non-hydrogen) atoms. The van der Waals surface area contributed by atoms with Crippen molar-refractivity contribution in [2.24, 2.45) is 0 Å². The molecule has 0 spiro atoms. The molecule has 0 saturated heterocycles. The highest BCUT2D eigenvalue weighted by Crippen LogP contribution is 2.46. The number of urea groups is 1. The van der Waals surface area contributed by atoms with Gasteiger partial charge in [0.25, 0.3) is 5.91 Å². The maximum absolute atomic E-state index is 13.5. The van der Waals surface area contributed by atoms with Crippen molar-refractivity contribution >= 4 is 56.5 Å². The van der Waals surface area contributed by atoms with Crippen LogP contribution in [0.1, 0.15) is 53.8 Å². The van der Waals surface area contributed by atoms with Gasteiger partial charge in [-0.15, -0.1) is 11.3 Å². The zero-order chi connectivity index (χ0) is 27.1. The largest absolute Gasteiger partial charge is 0.474 e. The smallest absolute Gasteiger partial charge is 0.331 e. The minimum absolute atomic E-state index is 0.205. The number of pyridine rings is 2. The molecule has 1 saturated carbocycles. The van der Waals surface area contributed by atoms with Crippen molar-refractivity contribution in [2.45, 2.75) is 57.6 Å². The van der Waals surface area contributed by atoms with Gasteiger partial charge in [0.15, 0.2) is 0 Å². The fraction of sp³-hybridized carbons (Fsp3) is 0.321. The summed E-state index contributed by atoms with van der Waals surface area (Å²) in [5.41, 5.74) is 3.15. The number of hydrogen-bond donors (Lipinski definition) is 3. The van der Waals surface area contributed by atoms with Crippen LogP contribution in [0.5, 0.6) is 5.88 Å². The second kappa shape index (κ2) is 10.1. The van der Waals surface area contributed by atoms with E-state index < -0.39 is 6.03 Å². The first-order chi connectivity index (χ1) is 18.9. The Morgan fingerprint density at radius 3 is 2.82 bits per heavy atom. The highest BCUT2D eigenvalue weighted by Gasteiger charge is 2.34. The number of nitrogens with one attached hydrogen (secondary N) is 3. The van der Waals surface area contributed by atoms with E-state index in [1.807, 2.05) is 19.1 Å². The van der Waals surface area contributed by atoms with Crippen LogP contribution < -0.4 is 25.6 Å². The van der Waals surface area contributed by atoms with E-state index in [0.29, 0.717) is 50.2 Å². The molecular formula is C28H28N6O4S. The van der Waals surface area contributed by atoms with Crippen molar-refractivity contribution in [3.05, 3.63) is 59.4 Å². The molecule has 4 heterocycles. The molecule has 1 fully saturated rings. The zero-order valence-corrected chi connectivity index (χ0v) is 22.3. The summed E-state index contributed by atoms with van der Waals surface area (Å²) in [5, 5.41) is 9.44. The maximum atomic E-state index is 13.5. The van der Waals surface area contributed by atoms with Gasteiger partial charge < -0.3 is 20.7 Å².